The van der Waals surface area contributed by atoms with Crippen molar-refractivity contribution >= 4 is 33.8 Å². The predicted molar refractivity (Wildman–Crippen MR) is 63.6 cm³/mol. The fourth-order valence-corrected chi connectivity index (χ4v) is 1.34. The van der Waals surface area contributed by atoms with Gasteiger partial charge in [-0.3, -0.25) is 4.79 Å². The Kier molecular flexibility index (Phi) is 8.39. The number of carbonyl (C=O) groups excluding carboxylic acids is 3. The van der Waals surface area contributed by atoms with E-state index in [9.17, 15) is 14.4 Å². The minimum Gasteiger partial charge on any atom is -0.464 e. The van der Waals surface area contributed by atoms with E-state index in [1.165, 1.54) is 0 Å². The minimum atomic E-state index is -1.39. The quantitative estimate of drug-likeness (QED) is 0.418. The first-order valence-electron chi connectivity index (χ1n) is 5.25. The number of hydrogen-bond donors (Lipinski definition) is 1. The molecule has 0 fully saturated rings. The first-order valence-corrected chi connectivity index (χ1v) is 6.37. The van der Waals surface area contributed by atoms with Crippen LogP contribution >= 0.6 is 15.9 Å². The van der Waals surface area contributed by atoms with Crippen molar-refractivity contribution in [3.8, 4) is 0 Å². The molecule has 1 amide bonds. The van der Waals surface area contributed by atoms with Gasteiger partial charge in [-0.2, -0.15) is 0 Å². The summed E-state index contributed by atoms with van der Waals surface area (Å²) < 4.78 is 9.37. The smallest absolute Gasteiger partial charge is 0.340 e. The van der Waals surface area contributed by atoms with Crippen molar-refractivity contribution in [3.05, 3.63) is 0 Å². The van der Waals surface area contributed by atoms with Gasteiger partial charge in [0.15, 0.2) is 0 Å². The normalized spacial score (nSPS) is 9.88. The molecule has 0 aliphatic heterocycles. The van der Waals surface area contributed by atoms with E-state index in [4.69, 9.17) is 0 Å². The van der Waals surface area contributed by atoms with Gasteiger partial charge < -0.3 is 14.8 Å². The van der Waals surface area contributed by atoms with Crippen LogP contribution in [0.25, 0.3) is 0 Å². The summed E-state index contributed by atoms with van der Waals surface area (Å²) in [6.07, 6.45) is 0.162. The Morgan fingerprint density at radius 2 is 1.59 bits per heavy atom. The number of rotatable bonds is 7. The van der Waals surface area contributed by atoms with Gasteiger partial charge in [0.1, 0.15) is 0 Å². The van der Waals surface area contributed by atoms with Gasteiger partial charge in [0.25, 0.3) is 0 Å². The molecular formula is C10H16BrNO5. The number of nitrogens with one attached hydrogen (secondary N) is 1. The summed E-state index contributed by atoms with van der Waals surface area (Å²) in [6.45, 7) is 3.48. The van der Waals surface area contributed by atoms with Gasteiger partial charge in [-0.15, -0.1) is 0 Å². The Labute approximate surface area is 108 Å². The van der Waals surface area contributed by atoms with Crippen molar-refractivity contribution in [3.63, 3.8) is 0 Å². The molecule has 0 aliphatic rings. The molecule has 0 spiro atoms. The third-order valence-electron chi connectivity index (χ3n) is 1.67. The zero-order valence-corrected chi connectivity index (χ0v) is 11.4. The average molecular weight is 310 g/mol. The van der Waals surface area contributed by atoms with Crippen LogP contribution in [-0.2, 0) is 23.9 Å². The maximum atomic E-state index is 11.4. The van der Waals surface area contributed by atoms with Gasteiger partial charge in [0, 0.05) is 11.8 Å². The molecule has 6 nitrogen and oxygen atoms in total. The Morgan fingerprint density at radius 1 is 1.12 bits per heavy atom. The second-order valence-corrected chi connectivity index (χ2v) is 3.74. The van der Waals surface area contributed by atoms with E-state index in [0.717, 1.165) is 0 Å². The number of carbonyl (C=O) groups is 3. The minimum absolute atomic E-state index is 0.128. The van der Waals surface area contributed by atoms with E-state index < -0.39 is 23.9 Å². The van der Waals surface area contributed by atoms with Crippen LogP contribution in [0.2, 0.25) is 0 Å². The van der Waals surface area contributed by atoms with Crippen LogP contribution in [0.5, 0.6) is 0 Å². The monoisotopic (exact) mass is 309 g/mol. The SMILES string of the molecule is CCOC(=O)C(NC(=O)CCBr)C(=O)OCC. The van der Waals surface area contributed by atoms with Crippen molar-refractivity contribution < 1.29 is 23.9 Å². The van der Waals surface area contributed by atoms with Crippen molar-refractivity contribution in [2.45, 2.75) is 26.3 Å². The van der Waals surface area contributed by atoms with E-state index in [0.29, 0.717) is 5.33 Å². The highest BCUT2D eigenvalue weighted by Gasteiger charge is 2.30. The van der Waals surface area contributed by atoms with Crippen molar-refractivity contribution in [1.29, 1.82) is 0 Å². The molecule has 0 saturated heterocycles. The fraction of sp³-hybridized carbons (Fsp3) is 0.700. The molecule has 7 heteroatoms. The van der Waals surface area contributed by atoms with Crippen LogP contribution in [-0.4, -0.2) is 42.4 Å². The summed E-state index contributed by atoms with van der Waals surface area (Å²) in [4.78, 5) is 34.2. The highest BCUT2D eigenvalue weighted by atomic mass is 79.9. The van der Waals surface area contributed by atoms with E-state index in [1.54, 1.807) is 13.8 Å². The lowest BCUT2D eigenvalue weighted by Crippen LogP contribution is -2.48. The summed E-state index contributed by atoms with van der Waals surface area (Å²) in [6, 6.07) is -1.39. The maximum Gasteiger partial charge on any atom is 0.340 e. The van der Waals surface area contributed by atoms with Gasteiger partial charge in [-0.05, 0) is 13.8 Å². The van der Waals surface area contributed by atoms with Crippen LogP contribution in [0.4, 0.5) is 0 Å². The van der Waals surface area contributed by atoms with Crippen molar-refractivity contribution in [1.82, 2.24) is 5.32 Å². The number of alkyl halides is 1. The van der Waals surface area contributed by atoms with Crippen molar-refractivity contribution in [2.24, 2.45) is 0 Å². The van der Waals surface area contributed by atoms with Crippen LogP contribution in [0.1, 0.15) is 20.3 Å². The van der Waals surface area contributed by atoms with Crippen LogP contribution in [0.15, 0.2) is 0 Å². The van der Waals surface area contributed by atoms with Gasteiger partial charge in [-0.25, -0.2) is 9.59 Å². The van der Waals surface area contributed by atoms with E-state index >= 15 is 0 Å². The molecule has 0 aromatic carbocycles. The Bertz CT molecular complexity index is 264. The van der Waals surface area contributed by atoms with Crippen LogP contribution in [0, 0.1) is 0 Å². The van der Waals surface area contributed by atoms with E-state index in [1.807, 2.05) is 0 Å². The molecule has 0 atom stereocenters. The fourth-order valence-electron chi connectivity index (χ4n) is 0.984. The topological polar surface area (TPSA) is 81.7 Å². The molecule has 0 aromatic heterocycles. The summed E-state index contributed by atoms with van der Waals surface area (Å²) in [5.41, 5.74) is 0. The Hall–Kier alpha value is -1.11. The molecule has 0 rings (SSSR count). The standard InChI is InChI=1S/C10H16BrNO5/c1-3-16-9(14)8(10(15)17-4-2)12-7(13)5-6-11/h8H,3-6H2,1-2H3,(H,12,13). The lowest BCUT2D eigenvalue weighted by Gasteiger charge is -2.15. The van der Waals surface area contributed by atoms with Gasteiger partial charge >= 0.3 is 11.9 Å². The number of halogens is 1. The van der Waals surface area contributed by atoms with E-state index in [2.05, 4.69) is 30.7 Å². The second-order valence-electron chi connectivity index (χ2n) is 2.94. The molecule has 0 aliphatic carbocycles. The third kappa shape index (κ3) is 6.25. The molecule has 98 valence electrons. The highest BCUT2D eigenvalue weighted by molar-refractivity contribution is 9.09. The number of hydrogen-bond acceptors (Lipinski definition) is 5. The summed E-state index contributed by atoms with van der Waals surface area (Å²) in [7, 11) is 0. The summed E-state index contributed by atoms with van der Waals surface area (Å²) in [5, 5.41) is 2.71. The van der Waals surface area contributed by atoms with E-state index in [-0.39, 0.29) is 19.6 Å². The third-order valence-corrected chi connectivity index (χ3v) is 2.07. The zero-order valence-electron chi connectivity index (χ0n) is 9.82. The first kappa shape index (κ1) is 15.9. The highest BCUT2D eigenvalue weighted by Crippen LogP contribution is 1.96. The van der Waals surface area contributed by atoms with Crippen LogP contribution in [0.3, 0.4) is 0 Å². The van der Waals surface area contributed by atoms with Gasteiger partial charge in [0.2, 0.25) is 11.9 Å². The maximum absolute atomic E-state index is 11.4. The molecule has 0 bridgehead atoms. The number of amides is 1. The average Bonchev–Trinajstić information content (AvgIpc) is 2.26. The number of ether oxygens (including phenoxy) is 2. The summed E-state index contributed by atoms with van der Waals surface area (Å²) in [5.74, 6) is -2.05. The predicted octanol–water partition coefficient (Wildman–Crippen LogP) is 0.382. The first-order chi connectivity index (χ1) is 8.06. The molecule has 0 saturated carbocycles. The lowest BCUT2D eigenvalue weighted by atomic mass is 10.3. The molecule has 0 radical (unpaired) electrons. The molecule has 17 heavy (non-hydrogen) atoms. The van der Waals surface area contributed by atoms with Gasteiger partial charge in [0.05, 0.1) is 13.2 Å². The molecular weight excluding hydrogens is 294 g/mol. The molecule has 1 N–H and O–H groups in total. The lowest BCUT2D eigenvalue weighted by molar-refractivity contribution is -0.159. The zero-order chi connectivity index (χ0) is 13.3. The van der Waals surface area contributed by atoms with Crippen molar-refractivity contribution in [2.75, 3.05) is 18.5 Å². The second kappa shape index (κ2) is 8.98. The Balaban J connectivity index is 4.55. The molecule has 0 heterocycles. The Morgan fingerprint density at radius 3 is 1.94 bits per heavy atom. The largest absolute Gasteiger partial charge is 0.464 e. The summed E-state index contributed by atoms with van der Waals surface area (Å²) >= 11 is 3.08. The molecule has 0 unspecified atom stereocenters. The van der Waals surface area contributed by atoms with Gasteiger partial charge in [-0.1, -0.05) is 15.9 Å². The van der Waals surface area contributed by atoms with Crippen LogP contribution < -0.4 is 5.32 Å². The molecule has 0 aromatic rings. The number of esters is 2.